The predicted molar refractivity (Wildman–Crippen MR) is 173 cm³/mol. The molecule has 2 aliphatic rings. The number of phosphoric ester groups is 2. The topological polar surface area (TPSA) is 425 Å². The largest absolute Gasteiger partial charge is 0.756 e. The van der Waals surface area contributed by atoms with Gasteiger partial charge in [-0.2, -0.15) is 4.98 Å². The summed E-state index contributed by atoms with van der Waals surface area (Å²) in [5.74, 6) is -0.589. The minimum atomic E-state index is -6.38. The second-order valence-electron chi connectivity index (χ2n) is 12.1. The van der Waals surface area contributed by atoms with E-state index in [9.17, 15) is 53.3 Å². The van der Waals surface area contributed by atoms with Crippen molar-refractivity contribution in [3.05, 3.63) is 33.4 Å². The van der Waals surface area contributed by atoms with Crippen LogP contribution in [0.4, 0.5) is 11.9 Å². The van der Waals surface area contributed by atoms with E-state index in [1.807, 2.05) is 0 Å². The number of aromatic amines is 2. The maximum Gasteiger partial charge on any atom is 0.313 e. The molecule has 9 N–H and O–H groups in total. The normalized spacial score (nSPS) is 28.8. The van der Waals surface area contributed by atoms with Crippen LogP contribution < -0.4 is 41.8 Å². The Morgan fingerprint density at radius 2 is 1.50 bits per heavy atom. The first-order valence-electron chi connectivity index (χ1n) is 15.8. The number of nitrogens with two attached hydrogens (primary N) is 2. The quantitative estimate of drug-likeness (QED) is 0.0313. The van der Waals surface area contributed by atoms with Crippen LogP contribution in [0.3, 0.4) is 0 Å². The Balaban J connectivity index is 1.07. The number of methoxy groups -OCH3 is 1. The molecule has 2 fully saturated rings. The molecule has 56 heavy (non-hydrogen) atoms. The van der Waals surface area contributed by atoms with Crippen molar-refractivity contribution in [3.63, 3.8) is 0 Å². The van der Waals surface area contributed by atoms with Gasteiger partial charge in [-0.25, -0.2) is 18.2 Å². The van der Waals surface area contributed by atoms with Crippen molar-refractivity contribution in [2.24, 2.45) is 7.05 Å². The van der Waals surface area contributed by atoms with Crippen LogP contribution in [-0.2, 0) is 57.4 Å². The van der Waals surface area contributed by atoms with Crippen molar-refractivity contribution < 1.29 is 84.9 Å². The Morgan fingerprint density at radius 3 is 2.14 bits per heavy atom. The van der Waals surface area contributed by atoms with Gasteiger partial charge in [-0.1, -0.05) is 4.98 Å². The number of nitrogens with one attached hydrogen (secondary N) is 2. The number of phosphoric acid groups is 3. The second-order valence-corrected chi connectivity index (χ2v) is 16.6. The molecule has 32 heteroatoms. The number of fused-ring (bicyclic) bond motifs is 2. The highest BCUT2D eigenvalue weighted by molar-refractivity contribution is 7.65. The van der Waals surface area contributed by atoms with E-state index in [-0.39, 0.29) is 47.4 Å². The Morgan fingerprint density at radius 1 is 0.893 bits per heavy atom. The number of ether oxygens (including phenoxy) is 4. The van der Waals surface area contributed by atoms with Crippen molar-refractivity contribution in [1.29, 1.82) is 0 Å². The fourth-order valence-corrected chi connectivity index (χ4v) is 9.23. The molecule has 0 radical (unpaired) electrons. The molecule has 11 atom stereocenters. The molecular formula is C24H33N10O19P3-2. The van der Waals surface area contributed by atoms with E-state index in [0.29, 0.717) is 0 Å². The maximum atomic E-state index is 12.5. The Kier molecular flexibility index (Phi) is 12.0. The van der Waals surface area contributed by atoms with Crippen LogP contribution in [-0.4, -0.2) is 120 Å². The van der Waals surface area contributed by atoms with Crippen LogP contribution in [0.2, 0.25) is 0 Å². The zero-order valence-electron chi connectivity index (χ0n) is 28.7. The van der Waals surface area contributed by atoms with E-state index < -0.39 is 96.9 Å². The SMILES string of the molecule is COCCO[C@H]1[C@H](O)[C@@H](COP(=O)([O-])OP(=O)([O-])OP(=O)([O-])OC[C@H]2O[C@@H](n3cnc4c(=O)[nH]c(N)nc43)[C@H](O)[C@@H]2O)O[C@H]1[n+]1cn(C)c2c(=O)[nH]c(N)nc21. The number of nitrogen functional groups attached to an aromatic ring is 2. The van der Waals surface area contributed by atoms with E-state index in [1.54, 1.807) is 0 Å². The smallest absolute Gasteiger partial charge is 0.313 e. The number of nitrogens with zero attached hydrogens (tertiary/aromatic N) is 6. The number of H-pyrrole nitrogens is 2. The molecule has 0 spiro atoms. The Hall–Kier alpha value is -3.57. The molecule has 29 nitrogen and oxygen atoms in total. The molecule has 4 aromatic heterocycles. The van der Waals surface area contributed by atoms with Gasteiger partial charge >= 0.3 is 5.65 Å². The van der Waals surface area contributed by atoms with Crippen LogP contribution in [0.15, 0.2) is 22.2 Å². The number of rotatable bonds is 16. The molecular weight excluding hydrogens is 825 g/mol. The standard InChI is InChI=1S/C24H35N10O19P3/c1-32-8-34(18-12(32)20(39)31-24(26)29-18)22-16(47-4-3-46-2)14(36)10(51-22)6-49-55(42,43)53-56(44,45)52-54(40,41)48-5-9-13(35)15(37)21(50-9)33-7-27-11-17(33)28-23(25)30-19(11)38/h7-10,13-16,21-22,35-37H,3-6H2,1-2H3,(H8-,25,26,28,29,30,31,38,39,40,41,42,43,44,45)/p-2/t9-,10-,13-,14-,15-,16+,21-,22-/m1/s1. The fraction of sp³-hybridized carbons (Fsp3) is 0.583. The third kappa shape index (κ3) is 8.79. The van der Waals surface area contributed by atoms with Gasteiger partial charge < -0.3 is 69.5 Å². The van der Waals surface area contributed by atoms with Gasteiger partial charge in [-0.05, 0) is 0 Å². The average molecular weight is 859 g/mol. The summed E-state index contributed by atoms with van der Waals surface area (Å²) in [5, 5.41) is 32.0. The summed E-state index contributed by atoms with van der Waals surface area (Å²) in [4.78, 5) is 78.3. The number of anilines is 2. The van der Waals surface area contributed by atoms with Crippen molar-refractivity contribution in [2.75, 3.05) is 45.0 Å². The number of hydrogen-bond donors (Lipinski definition) is 7. The molecule has 0 bridgehead atoms. The van der Waals surface area contributed by atoms with Gasteiger partial charge in [0.15, 0.2) is 23.7 Å². The minimum Gasteiger partial charge on any atom is -0.756 e. The number of aromatic nitrogens is 8. The van der Waals surface area contributed by atoms with Gasteiger partial charge in [0.1, 0.15) is 36.6 Å². The van der Waals surface area contributed by atoms with Crippen LogP contribution in [0.5, 0.6) is 0 Å². The van der Waals surface area contributed by atoms with E-state index in [0.717, 1.165) is 10.9 Å². The summed E-state index contributed by atoms with van der Waals surface area (Å²) < 4.78 is 79.6. The van der Waals surface area contributed by atoms with Gasteiger partial charge in [0.25, 0.3) is 40.5 Å². The molecule has 2 aliphatic heterocycles. The molecule has 310 valence electrons. The van der Waals surface area contributed by atoms with Crippen molar-refractivity contribution in [1.82, 2.24) is 34.1 Å². The van der Waals surface area contributed by atoms with Crippen LogP contribution in [0.25, 0.3) is 22.3 Å². The number of aryl methyl sites for hydroxylation is 1. The molecule has 0 aromatic carbocycles. The van der Waals surface area contributed by atoms with Gasteiger partial charge in [0.2, 0.25) is 17.7 Å². The van der Waals surface area contributed by atoms with E-state index in [1.165, 1.54) is 29.6 Å². The number of hydrogen-bond acceptors (Lipinski definition) is 24. The summed E-state index contributed by atoms with van der Waals surface area (Å²) >= 11 is 0. The Bertz CT molecular complexity index is 2350. The molecule has 4 aromatic rings. The monoisotopic (exact) mass is 858 g/mol. The third-order valence-electron chi connectivity index (χ3n) is 8.23. The minimum absolute atomic E-state index is 0.0167. The van der Waals surface area contributed by atoms with Crippen molar-refractivity contribution in [2.45, 2.75) is 49.1 Å². The van der Waals surface area contributed by atoms with Crippen LogP contribution in [0, 0.1) is 0 Å². The number of aliphatic hydroxyl groups is 3. The zero-order valence-corrected chi connectivity index (χ0v) is 31.3. The lowest BCUT2D eigenvalue weighted by Gasteiger charge is -2.34. The first kappa shape index (κ1) is 42.0. The molecule has 6 rings (SSSR count). The molecule has 0 saturated carbocycles. The van der Waals surface area contributed by atoms with Gasteiger partial charge in [-0.15, -0.1) is 0 Å². The van der Waals surface area contributed by atoms with E-state index >= 15 is 0 Å². The lowest BCUT2D eigenvalue weighted by Crippen LogP contribution is -2.47. The highest BCUT2D eigenvalue weighted by atomic mass is 31.3. The lowest BCUT2D eigenvalue weighted by molar-refractivity contribution is -0.746. The second kappa shape index (κ2) is 16.0. The molecule has 0 aliphatic carbocycles. The summed E-state index contributed by atoms with van der Waals surface area (Å²) in [6.07, 6.45) is -10.4. The van der Waals surface area contributed by atoms with E-state index in [4.69, 9.17) is 30.4 Å². The highest BCUT2D eigenvalue weighted by Crippen LogP contribution is 2.63. The van der Waals surface area contributed by atoms with Crippen molar-refractivity contribution in [3.8, 4) is 0 Å². The molecule has 6 heterocycles. The molecule has 2 saturated heterocycles. The lowest BCUT2D eigenvalue weighted by atomic mass is 10.1. The summed E-state index contributed by atoms with van der Waals surface area (Å²) in [7, 11) is -15.6. The molecule has 0 amide bonds. The van der Waals surface area contributed by atoms with E-state index in [2.05, 4.69) is 42.6 Å². The molecule has 3 unspecified atom stereocenters. The first-order valence-corrected chi connectivity index (χ1v) is 20.2. The highest BCUT2D eigenvalue weighted by Gasteiger charge is 2.49. The maximum absolute atomic E-state index is 12.5. The van der Waals surface area contributed by atoms with Crippen LogP contribution >= 0.6 is 23.5 Å². The summed E-state index contributed by atoms with van der Waals surface area (Å²) in [6, 6.07) is 0. The number of imidazole rings is 2. The summed E-state index contributed by atoms with van der Waals surface area (Å²) in [6.45, 7) is -2.37. The average Bonchev–Trinajstić information content (AvgIpc) is 3.81. The number of aliphatic hydroxyl groups excluding tert-OH is 3. The predicted octanol–water partition coefficient (Wildman–Crippen LogP) is -5.77. The van der Waals surface area contributed by atoms with Gasteiger partial charge in [0, 0.05) is 7.11 Å². The van der Waals surface area contributed by atoms with Crippen LogP contribution in [0.1, 0.15) is 12.5 Å². The fourth-order valence-electron chi connectivity index (χ4n) is 5.85. The van der Waals surface area contributed by atoms with Crippen molar-refractivity contribution >= 4 is 57.7 Å². The zero-order chi connectivity index (χ0) is 40.9. The van der Waals surface area contributed by atoms with Gasteiger partial charge in [-0.3, -0.25) is 42.4 Å². The third-order valence-corrected chi connectivity index (χ3v) is 12.4. The van der Waals surface area contributed by atoms with Gasteiger partial charge in [0.05, 0.1) is 39.8 Å². The Labute approximate surface area is 311 Å². The summed E-state index contributed by atoms with van der Waals surface area (Å²) in [5.41, 5.74) is 9.51. The first-order chi connectivity index (χ1) is 26.2.